The smallest absolute Gasteiger partial charge is 0.158 e. The Morgan fingerprint density at radius 1 is 1.47 bits per heavy atom. The third-order valence-corrected chi connectivity index (χ3v) is 2.77. The Balaban J connectivity index is 2.08. The zero-order valence-corrected chi connectivity index (χ0v) is 8.27. The molecule has 0 aliphatic heterocycles. The summed E-state index contributed by atoms with van der Waals surface area (Å²) in [5.74, 6) is 0.614. The first kappa shape index (κ1) is 9.87. The zero-order valence-electron chi connectivity index (χ0n) is 8.27. The summed E-state index contributed by atoms with van der Waals surface area (Å²) in [5.41, 5.74) is 0.0789. The number of aliphatic hydroxyl groups is 1. The molecule has 1 heterocycles. The molecule has 0 aromatic carbocycles. The van der Waals surface area contributed by atoms with Crippen molar-refractivity contribution in [1.29, 1.82) is 5.26 Å². The molecule has 0 bridgehead atoms. The number of rotatable bonds is 3. The van der Waals surface area contributed by atoms with Gasteiger partial charge in [-0.25, -0.2) is 9.97 Å². The average Bonchev–Trinajstić information content (AvgIpc) is 2.24. The van der Waals surface area contributed by atoms with E-state index in [1.807, 2.05) is 6.07 Å². The highest BCUT2D eigenvalue weighted by Gasteiger charge is 2.36. The van der Waals surface area contributed by atoms with Crippen LogP contribution < -0.4 is 5.32 Å². The first-order valence-corrected chi connectivity index (χ1v) is 4.89. The molecule has 0 atom stereocenters. The number of nitriles is 1. The van der Waals surface area contributed by atoms with Gasteiger partial charge in [0.1, 0.15) is 11.9 Å². The zero-order chi connectivity index (χ0) is 10.7. The normalized spacial score (nSPS) is 17.6. The van der Waals surface area contributed by atoms with E-state index < -0.39 is 0 Å². The third-order valence-electron chi connectivity index (χ3n) is 2.77. The molecule has 78 valence electrons. The highest BCUT2D eigenvalue weighted by molar-refractivity contribution is 5.37. The van der Waals surface area contributed by atoms with Crippen LogP contribution >= 0.6 is 0 Å². The summed E-state index contributed by atoms with van der Waals surface area (Å²) in [6.45, 7) is 0.106. The van der Waals surface area contributed by atoms with E-state index >= 15 is 0 Å². The van der Waals surface area contributed by atoms with Gasteiger partial charge < -0.3 is 10.4 Å². The lowest BCUT2D eigenvalue weighted by Gasteiger charge is -2.41. The largest absolute Gasteiger partial charge is 0.394 e. The Hall–Kier alpha value is -1.67. The van der Waals surface area contributed by atoms with E-state index in [1.165, 1.54) is 12.4 Å². The second kappa shape index (κ2) is 3.83. The predicted molar refractivity (Wildman–Crippen MR) is 54.0 cm³/mol. The van der Waals surface area contributed by atoms with Gasteiger partial charge in [0.25, 0.3) is 0 Å². The quantitative estimate of drug-likeness (QED) is 0.756. The molecule has 1 aliphatic rings. The van der Waals surface area contributed by atoms with Crippen molar-refractivity contribution in [1.82, 2.24) is 9.97 Å². The number of aromatic nitrogens is 2. The van der Waals surface area contributed by atoms with Crippen LogP contribution in [0.25, 0.3) is 0 Å². The molecule has 5 heteroatoms. The van der Waals surface area contributed by atoms with Crippen molar-refractivity contribution in [3.05, 3.63) is 18.1 Å². The minimum atomic E-state index is -0.219. The van der Waals surface area contributed by atoms with Gasteiger partial charge in [-0.1, -0.05) is 0 Å². The molecule has 1 aromatic heterocycles. The lowest BCUT2D eigenvalue weighted by atomic mass is 9.77. The van der Waals surface area contributed by atoms with E-state index in [2.05, 4.69) is 15.3 Å². The monoisotopic (exact) mass is 204 g/mol. The topological polar surface area (TPSA) is 81.8 Å². The number of nitrogens with one attached hydrogen (secondary N) is 1. The number of aliphatic hydroxyl groups excluding tert-OH is 1. The lowest BCUT2D eigenvalue weighted by molar-refractivity contribution is 0.144. The summed E-state index contributed by atoms with van der Waals surface area (Å²) in [4.78, 5) is 7.96. The molecule has 15 heavy (non-hydrogen) atoms. The average molecular weight is 204 g/mol. The van der Waals surface area contributed by atoms with Crippen LogP contribution in [0.5, 0.6) is 0 Å². The fourth-order valence-corrected chi connectivity index (χ4v) is 1.65. The second-order valence-corrected chi connectivity index (χ2v) is 3.82. The van der Waals surface area contributed by atoms with Gasteiger partial charge in [0, 0.05) is 0 Å². The minimum absolute atomic E-state index is 0.106. The van der Waals surface area contributed by atoms with E-state index in [4.69, 9.17) is 5.26 Å². The van der Waals surface area contributed by atoms with Gasteiger partial charge in [-0.2, -0.15) is 5.26 Å². The van der Waals surface area contributed by atoms with Crippen molar-refractivity contribution in [3.8, 4) is 6.07 Å². The molecule has 2 rings (SSSR count). The van der Waals surface area contributed by atoms with Crippen LogP contribution in [0.15, 0.2) is 12.4 Å². The van der Waals surface area contributed by atoms with E-state index in [0.717, 1.165) is 19.3 Å². The number of anilines is 1. The second-order valence-electron chi connectivity index (χ2n) is 3.82. The Bertz CT molecular complexity index is 372. The maximum absolute atomic E-state index is 9.24. The van der Waals surface area contributed by atoms with Crippen LogP contribution in [-0.2, 0) is 0 Å². The molecule has 5 nitrogen and oxygen atoms in total. The minimum Gasteiger partial charge on any atom is -0.394 e. The molecule has 0 unspecified atom stereocenters. The van der Waals surface area contributed by atoms with Crippen LogP contribution in [-0.4, -0.2) is 27.2 Å². The summed E-state index contributed by atoms with van der Waals surface area (Å²) in [7, 11) is 0. The Morgan fingerprint density at radius 3 is 2.67 bits per heavy atom. The molecule has 1 aliphatic carbocycles. The van der Waals surface area contributed by atoms with Gasteiger partial charge in [-0.15, -0.1) is 0 Å². The Labute approximate surface area is 87.8 Å². The molecule has 2 N–H and O–H groups in total. The first-order valence-electron chi connectivity index (χ1n) is 4.89. The van der Waals surface area contributed by atoms with Gasteiger partial charge in [0.05, 0.1) is 24.5 Å². The number of hydrogen-bond acceptors (Lipinski definition) is 5. The Kier molecular flexibility index (Phi) is 2.52. The van der Waals surface area contributed by atoms with Gasteiger partial charge in [-0.3, -0.25) is 0 Å². The van der Waals surface area contributed by atoms with E-state index in [9.17, 15) is 5.11 Å². The van der Waals surface area contributed by atoms with Gasteiger partial charge >= 0.3 is 0 Å². The van der Waals surface area contributed by atoms with Crippen LogP contribution in [0.1, 0.15) is 25.0 Å². The first-order chi connectivity index (χ1) is 7.28. The van der Waals surface area contributed by atoms with Crippen LogP contribution in [0.2, 0.25) is 0 Å². The third kappa shape index (κ3) is 1.90. The van der Waals surface area contributed by atoms with Gasteiger partial charge in [0.15, 0.2) is 5.69 Å². The molecule has 1 saturated carbocycles. The predicted octanol–water partition coefficient (Wildman–Crippen LogP) is 0.675. The maximum Gasteiger partial charge on any atom is 0.158 e. The van der Waals surface area contributed by atoms with E-state index in [-0.39, 0.29) is 12.1 Å². The van der Waals surface area contributed by atoms with Crippen molar-refractivity contribution >= 4 is 5.82 Å². The van der Waals surface area contributed by atoms with Crippen molar-refractivity contribution in [2.45, 2.75) is 24.8 Å². The molecule has 1 fully saturated rings. The summed E-state index contributed by atoms with van der Waals surface area (Å²) in [6.07, 6.45) is 5.97. The van der Waals surface area contributed by atoms with E-state index in [0.29, 0.717) is 11.5 Å². The molecule has 0 spiro atoms. The molecule has 0 saturated heterocycles. The number of nitrogens with zero attached hydrogens (tertiary/aromatic N) is 3. The van der Waals surface area contributed by atoms with Gasteiger partial charge in [-0.05, 0) is 19.3 Å². The summed E-state index contributed by atoms with van der Waals surface area (Å²) < 4.78 is 0. The molecule has 1 aromatic rings. The SMILES string of the molecule is N#Cc1cnc(NC2(CO)CCC2)cn1. The van der Waals surface area contributed by atoms with Gasteiger partial charge in [0.2, 0.25) is 0 Å². The highest BCUT2D eigenvalue weighted by atomic mass is 16.3. The summed E-state index contributed by atoms with van der Waals surface area (Å²) >= 11 is 0. The van der Waals surface area contributed by atoms with Crippen LogP contribution in [0.4, 0.5) is 5.82 Å². The summed E-state index contributed by atoms with van der Waals surface area (Å²) in [5, 5.41) is 20.9. The lowest BCUT2D eigenvalue weighted by Crippen LogP contribution is -2.48. The van der Waals surface area contributed by atoms with Crippen LogP contribution in [0, 0.1) is 11.3 Å². The molecular weight excluding hydrogens is 192 g/mol. The van der Waals surface area contributed by atoms with Crippen molar-refractivity contribution < 1.29 is 5.11 Å². The molecular formula is C10H12N4O. The van der Waals surface area contributed by atoms with E-state index in [1.54, 1.807) is 0 Å². The highest BCUT2D eigenvalue weighted by Crippen LogP contribution is 2.34. The van der Waals surface area contributed by atoms with Crippen LogP contribution in [0.3, 0.4) is 0 Å². The number of hydrogen-bond donors (Lipinski definition) is 2. The van der Waals surface area contributed by atoms with Crippen molar-refractivity contribution in [2.75, 3.05) is 11.9 Å². The molecule has 0 amide bonds. The fraction of sp³-hybridized carbons (Fsp3) is 0.500. The van der Waals surface area contributed by atoms with Crippen molar-refractivity contribution in [3.63, 3.8) is 0 Å². The Morgan fingerprint density at radius 2 is 2.27 bits per heavy atom. The molecule has 0 radical (unpaired) electrons. The maximum atomic E-state index is 9.24. The standard InChI is InChI=1S/C10H12N4O/c11-4-8-5-13-9(6-12-8)14-10(7-15)2-1-3-10/h5-6,15H,1-3,7H2,(H,13,14). The van der Waals surface area contributed by atoms with Crippen molar-refractivity contribution in [2.24, 2.45) is 0 Å². The fourth-order valence-electron chi connectivity index (χ4n) is 1.65. The summed E-state index contributed by atoms with van der Waals surface area (Å²) in [6, 6.07) is 1.91.